The molecule has 8 rings (SSSR count). The Labute approximate surface area is 369 Å². The average Bonchev–Trinajstić information content (AvgIpc) is 3.77. The molecule has 0 heterocycles. The van der Waals surface area contributed by atoms with Crippen LogP contribution >= 0.6 is 17.0 Å². The quantitative estimate of drug-likeness (QED) is 0.140. The minimum absolute atomic E-state index is 0.0868. The monoisotopic (exact) mass is 921 g/mol. The van der Waals surface area contributed by atoms with E-state index in [1.807, 2.05) is 0 Å². The molecule has 0 aliphatic heterocycles. The maximum absolute atomic E-state index is 9.20. The van der Waals surface area contributed by atoms with Crippen LogP contribution in [-0.2, 0) is 26.4 Å². The normalized spacial score (nSPS) is 17.2. The number of benzene rings is 6. The van der Waals surface area contributed by atoms with E-state index in [0.29, 0.717) is 0 Å². The predicted octanol–water partition coefficient (Wildman–Crippen LogP) is 16.7. The molecule has 0 radical (unpaired) electrons. The van der Waals surface area contributed by atoms with Gasteiger partial charge in [-0.1, -0.05) is 0 Å². The molecule has 2 aliphatic rings. The number of halogens is 2. The van der Waals surface area contributed by atoms with Crippen LogP contribution in [0.4, 0.5) is 0 Å². The van der Waals surface area contributed by atoms with Crippen molar-refractivity contribution in [2.24, 2.45) is 0 Å². The van der Waals surface area contributed by atoms with Crippen molar-refractivity contribution in [3.63, 3.8) is 0 Å². The topological polar surface area (TPSA) is 0 Å². The van der Waals surface area contributed by atoms with Gasteiger partial charge in [0, 0.05) is 0 Å². The molecule has 0 nitrogen and oxygen atoms in total. The maximum atomic E-state index is 9.20. The van der Waals surface area contributed by atoms with E-state index in [-0.39, 0.29) is 18.1 Å². The molecule has 0 N–H and O–H groups in total. The first-order chi connectivity index (χ1) is 28.2. The van der Waals surface area contributed by atoms with Crippen LogP contribution in [0.15, 0.2) is 121 Å². The molecule has 2 aliphatic carbocycles. The fraction of sp³-hybridized carbons (Fsp3) is 0.286. The molecule has 0 bridgehead atoms. The Morgan fingerprint density at radius 2 is 0.783 bits per heavy atom. The van der Waals surface area contributed by atoms with Crippen molar-refractivity contribution in [2.75, 3.05) is 0 Å². The van der Waals surface area contributed by atoms with Gasteiger partial charge in [-0.2, -0.15) is 0 Å². The fourth-order valence-corrected chi connectivity index (χ4v) is 40.9. The molecule has 6 aromatic carbocycles. The molecule has 0 aromatic heterocycles. The Morgan fingerprint density at radius 3 is 1.08 bits per heavy atom. The Hall–Kier alpha value is -3.52. The van der Waals surface area contributed by atoms with Gasteiger partial charge < -0.3 is 0 Å². The summed E-state index contributed by atoms with van der Waals surface area (Å²) >= 11 is -5.35. The fourth-order valence-electron chi connectivity index (χ4n) is 10.8. The number of allylic oxidation sites excluding steroid dienone is 2. The first kappa shape index (κ1) is 43.1. The molecule has 0 amide bonds. The first-order valence-electron chi connectivity index (χ1n) is 21.8. The number of fused-ring (bicyclic) bond motifs is 2. The molecule has 0 spiro atoms. The third-order valence-electron chi connectivity index (χ3n) is 13.5. The first-order valence-corrected chi connectivity index (χ1v) is 38.1. The zero-order chi connectivity index (χ0) is 43.1. The summed E-state index contributed by atoms with van der Waals surface area (Å²) in [4.78, 5) is 0. The third-order valence-corrected chi connectivity index (χ3v) is 65.0. The summed E-state index contributed by atoms with van der Waals surface area (Å²) in [6.07, 6.45) is 5.02. The number of aryl methyl sites for hydroxylation is 4. The van der Waals surface area contributed by atoms with Crippen molar-refractivity contribution in [1.29, 1.82) is 0 Å². The summed E-state index contributed by atoms with van der Waals surface area (Å²) in [5, 5.41) is 0. The van der Waals surface area contributed by atoms with E-state index in [1.165, 1.54) is 100 Å². The Kier molecular flexibility index (Phi) is 11.1. The van der Waals surface area contributed by atoms with E-state index in [0.717, 1.165) is 0 Å². The zero-order valence-electron chi connectivity index (χ0n) is 37.7. The van der Waals surface area contributed by atoms with Gasteiger partial charge in [-0.15, -0.1) is 0 Å². The Balaban J connectivity index is 1.50. The van der Waals surface area contributed by atoms with Crippen molar-refractivity contribution >= 4 is 46.2 Å². The molecule has 0 fully saturated rings. The van der Waals surface area contributed by atoms with Crippen molar-refractivity contribution < 1.29 is 15.6 Å². The summed E-state index contributed by atoms with van der Waals surface area (Å²) in [6, 6.07) is 45.8. The summed E-state index contributed by atoms with van der Waals surface area (Å²) in [7, 11) is 18.4. The van der Waals surface area contributed by atoms with Gasteiger partial charge in [-0.05, 0) is 0 Å². The zero-order valence-corrected chi connectivity index (χ0v) is 42.8. The van der Waals surface area contributed by atoms with Crippen molar-refractivity contribution in [3.05, 3.63) is 188 Å². The molecule has 4 heteroatoms. The van der Waals surface area contributed by atoms with Crippen molar-refractivity contribution in [2.45, 2.75) is 100 Å². The molecule has 0 saturated carbocycles. The Bertz CT molecular complexity index is 2500. The van der Waals surface area contributed by atoms with E-state index in [4.69, 9.17) is 0 Å². The summed E-state index contributed by atoms with van der Waals surface area (Å²) < 4.78 is -0.236. The standard InChI is InChI=1S/2C27H27.C2H7Si.2ClH.Zr/c2*1-18-13-19(2)15-23(14-18)26-24-17-22(20-9-7-6-8-10-20)16-21(24)11-12-25(26)27(3,4)5;1-3-2;;;/h2*6-17H,1-5H3;3H,1-2H3;2*1H;/q;;;;;+2/p-2. The molecular formula is C56H61Cl2SiZr. The number of hydrogen-bond donors (Lipinski definition) is 0. The average molecular weight is 924 g/mol. The molecule has 2 atom stereocenters. The second-order valence-corrected chi connectivity index (χ2v) is 62.9. The van der Waals surface area contributed by atoms with Crippen molar-refractivity contribution in [1.82, 2.24) is 0 Å². The minimum atomic E-state index is -5.35. The third kappa shape index (κ3) is 7.26. The molecule has 60 heavy (non-hydrogen) atoms. The van der Waals surface area contributed by atoms with Gasteiger partial charge in [0.15, 0.2) is 0 Å². The van der Waals surface area contributed by atoms with E-state index in [2.05, 4.69) is 216 Å². The van der Waals surface area contributed by atoms with Gasteiger partial charge >= 0.3 is 373 Å². The van der Waals surface area contributed by atoms with Crippen LogP contribution in [0, 0.1) is 27.7 Å². The molecule has 6 aromatic rings. The second-order valence-electron chi connectivity index (χ2n) is 20.4. The van der Waals surface area contributed by atoms with Gasteiger partial charge in [-0.25, -0.2) is 0 Å². The summed E-state index contributed by atoms with van der Waals surface area (Å²) in [5.74, 6) is -1.91. The van der Waals surface area contributed by atoms with Crippen LogP contribution in [0.1, 0.15) is 116 Å². The Morgan fingerprint density at radius 1 is 0.450 bits per heavy atom. The van der Waals surface area contributed by atoms with Gasteiger partial charge in [0.2, 0.25) is 0 Å². The van der Waals surface area contributed by atoms with E-state index < -0.39 is 21.5 Å². The van der Waals surface area contributed by atoms with Gasteiger partial charge in [0.25, 0.3) is 0 Å². The molecule has 307 valence electrons. The molecule has 2 unspecified atom stereocenters. The van der Waals surface area contributed by atoms with Crippen LogP contribution in [0.2, 0.25) is 13.1 Å². The number of hydrogen-bond acceptors (Lipinski definition) is 0. The van der Waals surface area contributed by atoms with Crippen LogP contribution in [-0.4, -0.2) is 5.92 Å². The SMILES string of the molecule is Cc1cc(C)cc(-c2c(C(C)(C)C)ccc3c2C=C(c2ccccc2)[CH]3[Zr]([Cl])([Cl])([CH]2C(c3ccccc3)=Cc3c2ccc(C(C)(C)C)c3-c2cc(C)cc(C)c2)[SiH](C)C)c1. The molecular weight excluding hydrogens is 863 g/mol. The van der Waals surface area contributed by atoms with Gasteiger partial charge in [-0.3, -0.25) is 0 Å². The summed E-state index contributed by atoms with van der Waals surface area (Å²) in [5.41, 5.74) is 22.9. The van der Waals surface area contributed by atoms with E-state index in [1.54, 1.807) is 0 Å². The van der Waals surface area contributed by atoms with E-state index in [9.17, 15) is 17.0 Å². The van der Waals surface area contributed by atoms with Crippen LogP contribution in [0.25, 0.3) is 45.6 Å². The van der Waals surface area contributed by atoms with Crippen LogP contribution < -0.4 is 0 Å². The van der Waals surface area contributed by atoms with Gasteiger partial charge in [0.05, 0.1) is 0 Å². The van der Waals surface area contributed by atoms with Crippen LogP contribution in [0.5, 0.6) is 0 Å². The predicted molar refractivity (Wildman–Crippen MR) is 265 cm³/mol. The number of rotatable bonds is 7. The summed E-state index contributed by atoms with van der Waals surface area (Å²) in [6.45, 7) is 27.9. The van der Waals surface area contributed by atoms with Crippen molar-refractivity contribution in [3.8, 4) is 22.3 Å². The van der Waals surface area contributed by atoms with Gasteiger partial charge in [0.1, 0.15) is 0 Å². The second kappa shape index (κ2) is 15.4. The molecule has 0 saturated heterocycles. The van der Waals surface area contributed by atoms with Crippen LogP contribution in [0.3, 0.4) is 0 Å². The van der Waals surface area contributed by atoms with E-state index >= 15 is 0 Å².